The van der Waals surface area contributed by atoms with Gasteiger partial charge >= 0.3 is 0 Å². The smallest absolute Gasteiger partial charge is 0.272 e. The second kappa shape index (κ2) is 9.57. The summed E-state index contributed by atoms with van der Waals surface area (Å²) in [6.45, 7) is 0. The number of benzene rings is 3. The van der Waals surface area contributed by atoms with E-state index in [2.05, 4.69) is 10.6 Å². The number of halogens is 1. The standard InChI is InChI=1S/C23H19ClN2O3/c1-29-20-12-10-16(11-13-20)14-21(26-22(27)17-6-3-2-4-7-17)23(28)25-19-9-5-8-18(24)15-19/h2-15H,1H3,(H,25,28)(H,26,27)/b21-14-. The SMILES string of the molecule is COc1ccc(/C=C(\NC(=O)c2ccccc2)C(=O)Nc2cccc(Cl)c2)cc1. The number of nitrogens with one attached hydrogen (secondary N) is 2. The molecule has 0 fully saturated rings. The Kier molecular flexibility index (Phi) is 6.66. The fourth-order valence-corrected chi connectivity index (χ4v) is 2.76. The highest BCUT2D eigenvalue weighted by atomic mass is 35.5. The molecule has 0 spiro atoms. The van der Waals surface area contributed by atoms with Gasteiger partial charge in [0.15, 0.2) is 0 Å². The average molecular weight is 407 g/mol. The predicted octanol–water partition coefficient (Wildman–Crippen LogP) is 4.76. The van der Waals surface area contributed by atoms with Gasteiger partial charge in [0.05, 0.1) is 7.11 Å². The summed E-state index contributed by atoms with van der Waals surface area (Å²) in [5.74, 6) is -0.153. The average Bonchev–Trinajstić information content (AvgIpc) is 2.74. The normalized spacial score (nSPS) is 10.9. The molecule has 0 aromatic heterocycles. The molecule has 3 rings (SSSR count). The lowest BCUT2D eigenvalue weighted by Crippen LogP contribution is -2.30. The summed E-state index contributed by atoms with van der Waals surface area (Å²) in [6.07, 6.45) is 1.60. The van der Waals surface area contributed by atoms with Gasteiger partial charge in [-0.1, -0.05) is 48.0 Å². The zero-order chi connectivity index (χ0) is 20.6. The van der Waals surface area contributed by atoms with Crippen molar-refractivity contribution in [1.29, 1.82) is 0 Å². The van der Waals surface area contributed by atoms with Gasteiger partial charge in [-0.05, 0) is 54.1 Å². The minimum Gasteiger partial charge on any atom is -0.497 e. The van der Waals surface area contributed by atoms with Crippen LogP contribution in [0.15, 0.2) is 84.6 Å². The Labute approximate surface area is 174 Å². The lowest BCUT2D eigenvalue weighted by molar-refractivity contribution is -0.113. The first-order chi connectivity index (χ1) is 14.0. The maximum absolute atomic E-state index is 12.9. The fraction of sp³-hybridized carbons (Fsp3) is 0.0435. The molecule has 2 N–H and O–H groups in total. The Morgan fingerprint density at radius 3 is 2.31 bits per heavy atom. The number of anilines is 1. The van der Waals surface area contributed by atoms with E-state index in [1.54, 1.807) is 86.0 Å². The third-order valence-electron chi connectivity index (χ3n) is 4.04. The third-order valence-corrected chi connectivity index (χ3v) is 4.27. The van der Waals surface area contributed by atoms with Crippen LogP contribution in [0.3, 0.4) is 0 Å². The molecule has 0 aliphatic carbocycles. The van der Waals surface area contributed by atoms with Gasteiger partial charge in [-0.25, -0.2) is 0 Å². The van der Waals surface area contributed by atoms with Crippen molar-refractivity contribution >= 4 is 35.2 Å². The van der Waals surface area contributed by atoms with Crippen LogP contribution < -0.4 is 15.4 Å². The molecule has 6 heteroatoms. The van der Waals surface area contributed by atoms with Crippen LogP contribution in [0.5, 0.6) is 5.75 Å². The van der Waals surface area contributed by atoms with Crippen molar-refractivity contribution < 1.29 is 14.3 Å². The molecule has 0 aliphatic heterocycles. The molecule has 29 heavy (non-hydrogen) atoms. The lowest BCUT2D eigenvalue weighted by atomic mass is 10.1. The Morgan fingerprint density at radius 1 is 0.931 bits per heavy atom. The molecule has 3 aromatic carbocycles. The molecule has 0 bridgehead atoms. The summed E-state index contributed by atoms with van der Waals surface area (Å²) in [6, 6.07) is 22.6. The number of hydrogen-bond acceptors (Lipinski definition) is 3. The van der Waals surface area contributed by atoms with Gasteiger partial charge in [0.2, 0.25) is 0 Å². The first-order valence-corrected chi connectivity index (χ1v) is 9.22. The molecule has 0 saturated heterocycles. The Hall–Kier alpha value is -3.57. The quantitative estimate of drug-likeness (QED) is 0.580. The van der Waals surface area contributed by atoms with Crippen LogP contribution >= 0.6 is 11.6 Å². The van der Waals surface area contributed by atoms with Gasteiger partial charge in [0.1, 0.15) is 11.4 Å². The minimum atomic E-state index is -0.465. The molecule has 0 radical (unpaired) electrons. The van der Waals surface area contributed by atoms with E-state index in [0.717, 1.165) is 5.56 Å². The number of carbonyl (C=O) groups excluding carboxylic acids is 2. The lowest BCUT2D eigenvalue weighted by Gasteiger charge is -2.12. The summed E-state index contributed by atoms with van der Waals surface area (Å²) < 4.78 is 5.15. The van der Waals surface area contributed by atoms with Gasteiger partial charge in [0.25, 0.3) is 11.8 Å². The highest BCUT2D eigenvalue weighted by molar-refractivity contribution is 6.31. The van der Waals surface area contributed by atoms with E-state index in [1.807, 2.05) is 6.07 Å². The Balaban J connectivity index is 1.88. The summed E-state index contributed by atoms with van der Waals surface area (Å²) in [5.41, 5.74) is 1.81. The second-order valence-corrected chi connectivity index (χ2v) is 6.55. The largest absolute Gasteiger partial charge is 0.497 e. The molecule has 2 amide bonds. The van der Waals surface area contributed by atoms with Gasteiger partial charge in [0, 0.05) is 16.3 Å². The zero-order valence-electron chi connectivity index (χ0n) is 15.7. The molecule has 0 aliphatic rings. The molecule has 3 aromatic rings. The maximum Gasteiger partial charge on any atom is 0.272 e. The van der Waals surface area contributed by atoms with E-state index < -0.39 is 5.91 Å². The van der Waals surface area contributed by atoms with E-state index in [0.29, 0.717) is 22.0 Å². The van der Waals surface area contributed by atoms with Crippen molar-refractivity contribution in [3.63, 3.8) is 0 Å². The molecular weight excluding hydrogens is 388 g/mol. The van der Waals surface area contributed by atoms with Crippen molar-refractivity contribution in [3.8, 4) is 5.75 Å². The highest BCUT2D eigenvalue weighted by Gasteiger charge is 2.15. The number of carbonyl (C=O) groups is 2. The summed E-state index contributed by atoms with van der Waals surface area (Å²) in [4.78, 5) is 25.4. The first kappa shape index (κ1) is 20.2. The topological polar surface area (TPSA) is 67.4 Å². The van der Waals surface area contributed by atoms with Crippen molar-refractivity contribution in [1.82, 2.24) is 5.32 Å². The van der Waals surface area contributed by atoms with Crippen molar-refractivity contribution in [2.45, 2.75) is 0 Å². The van der Waals surface area contributed by atoms with Crippen LogP contribution in [-0.4, -0.2) is 18.9 Å². The van der Waals surface area contributed by atoms with E-state index in [4.69, 9.17) is 16.3 Å². The predicted molar refractivity (Wildman–Crippen MR) is 115 cm³/mol. The summed E-state index contributed by atoms with van der Waals surface area (Å²) in [7, 11) is 1.58. The van der Waals surface area contributed by atoms with E-state index in [-0.39, 0.29) is 11.6 Å². The van der Waals surface area contributed by atoms with Crippen molar-refractivity contribution in [3.05, 3.63) is 101 Å². The monoisotopic (exact) mass is 406 g/mol. The molecule has 0 atom stereocenters. The summed E-state index contributed by atoms with van der Waals surface area (Å²) in [5, 5.41) is 5.94. The number of hydrogen-bond donors (Lipinski definition) is 2. The molecule has 0 heterocycles. The van der Waals surface area contributed by atoms with E-state index >= 15 is 0 Å². The molecular formula is C23H19ClN2O3. The zero-order valence-corrected chi connectivity index (χ0v) is 16.4. The molecule has 5 nitrogen and oxygen atoms in total. The van der Waals surface area contributed by atoms with Gasteiger partial charge in [-0.3, -0.25) is 9.59 Å². The van der Waals surface area contributed by atoms with Gasteiger partial charge < -0.3 is 15.4 Å². The Bertz CT molecular complexity index is 1030. The van der Waals surface area contributed by atoms with Crippen LogP contribution in [-0.2, 0) is 4.79 Å². The number of rotatable bonds is 6. The van der Waals surface area contributed by atoms with Crippen molar-refractivity contribution in [2.24, 2.45) is 0 Å². The minimum absolute atomic E-state index is 0.101. The van der Waals surface area contributed by atoms with E-state index in [9.17, 15) is 9.59 Å². The number of ether oxygens (including phenoxy) is 1. The first-order valence-electron chi connectivity index (χ1n) is 8.84. The molecule has 0 unspecified atom stereocenters. The number of methoxy groups -OCH3 is 1. The van der Waals surface area contributed by atoms with Crippen LogP contribution in [0.25, 0.3) is 6.08 Å². The summed E-state index contributed by atoms with van der Waals surface area (Å²) >= 11 is 5.98. The molecule has 146 valence electrons. The van der Waals surface area contributed by atoms with Crippen LogP contribution in [0.1, 0.15) is 15.9 Å². The van der Waals surface area contributed by atoms with Gasteiger partial charge in [-0.15, -0.1) is 0 Å². The van der Waals surface area contributed by atoms with Crippen molar-refractivity contribution in [2.75, 3.05) is 12.4 Å². The highest BCUT2D eigenvalue weighted by Crippen LogP contribution is 2.17. The fourth-order valence-electron chi connectivity index (χ4n) is 2.57. The number of amides is 2. The second-order valence-electron chi connectivity index (χ2n) is 6.12. The van der Waals surface area contributed by atoms with Crippen LogP contribution in [0, 0.1) is 0 Å². The maximum atomic E-state index is 12.9. The van der Waals surface area contributed by atoms with Gasteiger partial charge in [-0.2, -0.15) is 0 Å². The van der Waals surface area contributed by atoms with Crippen LogP contribution in [0.4, 0.5) is 5.69 Å². The van der Waals surface area contributed by atoms with E-state index in [1.165, 1.54) is 0 Å². The Morgan fingerprint density at radius 2 is 1.66 bits per heavy atom. The van der Waals surface area contributed by atoms with Crippen LogP contribution in [0.2, 0.25) is 5.02 Å². The third kappa shape index (κ3) is 5.70. The molecule has 0 saturated carbocycles.